The molecule has 9 heteroatoms. The number of esters is 1. The summed E-state index contributed by atoms with van der Waals surface area (Å²) in [5, 5.41) is 0. The Kier molecular flexibility index (Phi) is 35.3. The highest BCUT2D eigenvalue weighted by molar-refractivity contribution is 7.47. The van der Waals surface area contributed by atoms with Crippen LogP contribution in [0.2, 0.25) is 0 Å². The first-order valence-corrected chi connectivity index (χ1v) is 20.7. The van der Waals surface area contributed by atoms with Gasteiger partial charge in [-0.2, -0.15) is 0 Å². The third-order valence-electron chi connectivity index (χ3n) is 7.82. The summed E-state index contributed by atoms with van der Waals surface area (Å²) in [6.45, 7) is 4.10. The van der Waals surface area contributed by atoms with Crippen molar-refractivity contribution < 1.29 is 32.8 Å². The molecule has 0 amide bonds. The van der Waals surface area contributed by atoms with E-state index in [1.54, 1.807) is 6.26 Å². The molecule has 0 spiro atoms. The van der Waals surface area contributed by atoms with E-state index >= 15 is 0 Å². The van der Waals surface area contributed by atoms with Gasteiger partial charge in [-0.05, 0) is 57.4 Å². The highest BCUT2D eigenvalue weighted by Gasteiger charge is 2.25. The van der Waals surface area contributed by atoms with Crippen LogP contribution < -0.4 is 5.73 Å². The molecule has 3 N–H and O–H groups in total. The zero-order valence-corrected chi connectivity index (χ0v) is 31.6. The molecule has 48 heavy (non-hydrogen) atoms. The molecule has 0 aliphatic rings. The quantitative estimate of drug-likeness (QED) is 0.0218. The number of phosphoric acid groups is 1. The van der Waals surface area contributed by atoms with Gasteiger partial charge in [0.1, 0.15) is 6.61 Å². The van der Waals surface area contributed by atoms with Crippen molar-refractivity contribution in [2.75, 3.05) is 26.4 Å². The molecular weight excluding hydrogens is 625 g/mol. The molecule has 2 atom stereocenters. The molecule has 0 bridgehead atoms. The van der Waals surface area contributed by atoms with E-state index in [4.69, 9.17) is 24.3 Å². The molecule has 0 saturated carbocycles. The number of nitrogens with two attached hydrogens (primary N) is 1. The summed E-state index contributed by atoms with van der Waals surface area (Å²) in [5.74, 6) is -0.371. The van der Waals surface area contributed by atoms with Crippen molar-refractivity contribution in [1.82, 2.24) is 0 Å². The predicted molar refractivity (Wildman–Crippen MR) is 201 cm³/mol. The van der Waals surface area contributed by atoms with Gasteiger partial charge >= 0.3 is 13.8 Å². The van der Waals surface area contributed by atoms with Crippen LogP contribution in [0.4, 0.5) is 0 Å². The first-order valence-electron chi connectivity index (χ1n) is 19.2. The molecule has 0 rings (SSSR count). The van der Waals surface area contributed by atoms with E-state index in [2.05, 4.69) is 50.3 Å². The Bertz CT molecular complexity index is 874. The van der Waals surface area contributed by atoms with E-state index in [9.17, 15) is 14.3 Å². The lowest BCUT2D eigenvalue weighted by Gasteiger charge is -2.19. The van der Waals surface area contributed by atoms with Crippen molar-refractivity contribution in [2.45, 2.75) is 168 Å². The summed E-state index contributed by atoms with van der Waals surface area (Å²) in [5.41, 5.74) is 5.34. The van der Waals surface area contributed by atoms with Crippen LogP contribution in [0, 0.1) is 0 Å². The van der Waals surface area contributed by atoms with E-state index < -0.39 is 13.9 Å². The second-order valence-electron chi connectivity index (χ2n) is 12.5. The lowest BCUT2D eigenvalue weighted by molar-refractivity contribution is -0.153. The van der Waals surface area contributed by atoms with Crippen molar-refractivity contribution in [3.63, 3.8) is 0 Å². The number of allylic oxidation sites excluding steroid dienone is 7. The molecule has 1 unspecified atom stereocenters. The van der Waals surface area contributed by atoms with Gasteiger partial charge in [0.05, 0.1) is 19.5 Å². The monoisotopic (exact) mass is 698 g/mol. The van der Waals surface area contributed by atoms with Gasteiger partial charge in [-0.1, -0.05) is 140 Å². The van der Waals surface area contributed by atoms with Gasteiger partial charge in [-0.15, -0.1) is 0 Å². The Hall–Kier alpha value is -1.70. The summed E-state index contributed by atoms with van der Waals surface area (Å²) < 4.78 is 33.0. The molecule has 0 heterocycles. The number of hydrogen-bond donors (Lipinski definition) is 2. The van der Waals surface area contributed by atoms with E-state index in [0.29, 0.717) is 0 Å². The van der Waals surface area contributed by atoms with Crippen molar-refractivity contribution in [1.29, 1.82) is 0 Å². The first-order chi connectivity index (χ1) is 23.4. The maximum Gasteiger partial charge on any atom is 0.472 e. The van der Waals surface area contributed by atoms with Gasteiger partial charge in [-0.25, -0.2) is 4.57 Å². The standard InChI is InChI=1S/C39H72NO7P/c1-3-5-7-9-11-13-15-17-19-20-22-24-26-28-30-32-39(41)47-38(37-46-48(42,43)45-35-33-40)36-44-34-31-29-27-25-23-21-18-16-14-12-10-8-6-4-2/h5,7,11,13,17,19,31,34,38H,3-4,6,8-10,12,14-16,18,20-30,32-33,35-37,40H2,1-2H3,(H,42,43)/t38-/m1/s1. The SMILES string of the molecule is CCC=CCC=CCC=CCCCCCCCC(=O)O[C@H](COC=CCCCCCCCCCCCCCC)COP(=O)(O)OCCN. The summed E-state index contributed by atoms with van der Waals surface area (Å²) in [6.07, 6.45) is 42.1. The van der Waals surface area contributed by atoms with Gasteiger partial charge in [0, 0.05) is 13.0 Å². The number of carbonyl (C=O) groups excluding carboxylic acids is 1. The van der Waals surface area contributed by atoms with Gasteiger partial charge in [0.25, 0.3) is 0 Å². The number of hydrogen-bond acceptors (Lipinski definition) is 7. The molecule has 8 nitrogen and oxygen atoms in total. The lowest BCUT2D eigenvalue weighted by Crippen LogP contribution is -2.27. The maximum atomic E-state index is 12.5. The number of ether oxygens (including phenoxy) is 2. The summed E-state index contributed by atoms with van der Waals surface area (Å²) in [7, 11) is -4.29. The van der Waals surface area contributed by atoms with Crippen molar-refractivity contribution in [3.05, 3.63) is 48.8 Å². The normalized spacial score (nSPS) is 14.1. The van der Waals surface area contributed by atoms with Gasteiger partial charge in [0.2, 0.25) is 0 Å². The number of unbranched alkanes of at least 4 members (excludes halogenated alkanes) is 17. The Morgan fingerprint density at radius 2 is 1.19 bits per heavy atom. The average molecular weight is 698 g/mol. The first kappa shape index (κ1) is 46.3. The second-order valence-corrected chi connectivity index (χ2v) is 13.9. The van der Waals surface area contributed by atoms with Crippen LogP contribution >= 0.6 is 7.82 Å². The van der Waals surface area contributed by atoms with E-state index in [0.717, 1.165) is 70.6 Å². The predicted octanol–water partition coefficient (Wildman–Crippen LogP) is 11.2. The minimum Gasteiger partial charge on any atom is -0.498 e. The second kappa shape index (κ2) is 36.6. The molecule has 0 aromatic rings. The molecule has 0 aliphatic heterocycles. The van der Waals surface area contributed by atoms with Crippen molar-refractivity contribution in [3.8, 4) is 0 Å². The van der Waals surface area contributed by atoms with Crippen molar-refractivity contribution >= 4 is 13.8 Å². The summed E-state index contributed by atoms with van der Waals surface area (Å²) in [4.78, 5) is 22.4. The molecule has 0 aromatic heterocycles. The fourth-order valence-electron chi connectivity index (χ4n) is 5.03. The van der Waals surface area contributed by atoms with Crippen LogP contribution in [0.5, 0.6) is 0 Å². The third-order valence-corrected chi connectivity index (χ3v) is 8.81. The Balaban J connectivity index is 4.18. The Labute approximate surface area is 294 Å². The number of carbonyl (C=O) groups is 1. The van der Waals surface area contributed by atoms with Gasteiger partial charge in [-0.3, -0.25) is 13.8 Å². The van der Waals surface area contributed by atoms with Crippen LogP contribution in [-0.4, -0.2) is 43.3 Å². The maximum absolute atomic E-state index is 12.5. The van der Waals surface area contributed by atoms with Crippen LogP contribution in [0.15, 0.2) is 48.8 Å². The summed E-state index contributed by atoms with van der Waals surface area (Å²) in [6, 6.07) is 0. The van der Waals surface area contributed by atoms with E-state index in [1.807, 2.05) is 6.08 Å². The minimum atomic E-state index is -4.29. The smallest absolute Gasteiger partial charge is 0.472 e. The fraction of sp³-hybridized carbons (Fsp3) is 0.769. The van der Waals surface area contributed by atoms with E-state index in [1.165, 1.54) is 70.6 Å². The number of rotatable bonds is 36. The minimum absolute atomic E-state index is 0.0246. The molecule has 0 saturated heterocycles. The fourth-order valence-corrected chi connectivity index (χ4v) is 5.80. The van der Waals surface area contributed by atoms with Crippen LogP contribution in [0.1, 0.15) is 162 Å². The van der Waals surface area contributed by atoms with Crippen LogP contribution in [0.25, 0.3) is 0 Å². The topological polar surface area (TPSA) is 117 Å². The van der Waals surface area contributed by atoms with E-state index in [-0.39, 0.29) is 38.8 Å². The summed E-state index contributed by atoms with van der Waals surface area (Å²) >= 11 is 0. The molecular formula is C39H72NO7P. The largest absolute Gasteiger partial charge is 0.498 e. The number of phosphoric ester groups is 1. The Morgan fingerprint density at radius 1 is 0.667 bits per heavy atom. The zero-order chi connectivity index (χ0) is 35.2. The molecule has 0 radical (unpaired) electrons. The van der Waals surface area contributed by atoms with Gasteiger partial charge < -0.3 is 20.1 Å². The van der Waals surface area contributed by atoms with Gasteiger partial charge in [0.15, 0.2) is 6.10 Å². The molecule has 280 valence electrons. The average Bonchev–Trinajstić information content (AvgIpc) is 3.07. The lowest BCUT2D eigenvalue weighted by atomic mass is 10.0. The molecule has 0 aromatic carbocycles. The molecule has 0 aliphatic carbocycles. The Morgan fingerprint density at radius 3 is 1.77 bits per heavy atom. The molecule has 0 fully saturated rings. The van der Waals surface area contributed by atoms with Crippen LogP contribution in [-0.2, 0) is 27.9 Å². The van der Waals surface area contributed by atoms with Crippen LogP contribution in [0.3, 0.4) is 0 Å². The highest BCUT2D eigenvalue weighted by Crippen LogP contribution is 2.43. The zero-order valence-electron chi connectivity index (χ0n) is 30.7. The third kappa shape index (κ3) is 35.6. The van der Waals surface area contributed by atoms with Crippen molar-refractivity contribution in [2.24, 2.45) is 5.73 Å². The highest BCUT2D eigenvalue weighted by atomic mass is 31.2.